The Kier molecular flexibility index (Phi) is 16.6. The summed E-state index contributed by atoms with van der Waals surface area (Å²) in [5, 5.41) is 24.5. The van der Waals surface area contributed by atoms with Crippen molar-refractivity contribution >= 4 is 65.4 Å². The molecule has 4 aromatic heterocycles. The van der Waals surface area contributed by atoms with Crippen LogP contribution in [0.25, 0.3) is 22.3 Å². The van der Waals surface area contributed by atoms with E-state index in [0.717, 1.165) is 7.11 Å². The number of fused-ring (bicyclic) bond motifs is 2. The molecule has 7 rings (SSSR count). The minimum absolute atomic E-state index is 0.0176. The van der Waals surface area contributed by atoms with Gasteiger partial charge in [-0.05, 0) is 20.8 Å². The maximum Gasteiger partial charge on any atom is 0.490 e. The van der Waals surface area contributed by atoms with Crippen molar-refractivity contribution in [2.24, 2.45) is 7.05 Å². The van der Waals surface area contributed by atoms with Crippen molar-refractivity contribution in [3.05, 3.63) is 29.3 Å². The van der Waals surface area contributed by atoms with Crippen LogP contribution in [-0.2, 0) is 80.4 Å². The molecule has 392 valence electrons. The first-order valence-corrected chi connectivity index (χ1v) is 26.8. The lowest BCUT2D eigenvalue weighted by molar-refractivity contribution is -0.745. The topological polar surface area (TPSA) is 437 Å². The molecule has 0 saturated carbocycles. The predicted molar refractivity (Wildman–Crippen MR) is 231 cm³/mol. The highest BCUT2D eigenvalue weighted by atomic mass is 31.3. The number of aliphatic hydroxyl groups is 2. The highest BCUT2D eigenvalue weighted by molar-refractivity contribution is 7.66. The van der Waals surface area contributed by atoms with Crippen molar-refractivity contribution < 1.29 is 108 Å². The van der Waals surface area contributed by atoms with E-state index in [-0.39, 0.29) is 34.4 Å². The van der Waals surface area contributed by atoms with Gasteiger partial charge in [-0.25, -0.2) is 37.8 Å². The number of aryl methyl sites for hydroxylation is 1. The predicted octanol–water partition coefficient (Wildman–Crippen LogP) is -0.990. The van der Waals surface area contributed by atoms with E-state index < -0.39 is 130 Å². The number of hydrogen-bond donors (Lipinski definition) is 9. The van der Waals surface area contributed by atoms with Gasteiger partial charge in [-0.1, -0.05) is 4.98 Å². The number of aliphatic hydroxyl groups excluding tert-OH is 2. The summed E-state index contributed by atoms with van der Waals surface area (Å²) in [6.07, 6.45) is -12.3. The molecule has 70 heavy (non-hydrogen) atoms. The Morgan fingerprint density at radius 1 is 0.843 bits per heavy atom. The molecular weight excluding hydrogens is 1030 g/mol. The number of nitrogens with one attached hydrogen (secondary N) is 2. The van der Waals surface area contributed by atoms with E-state index >= 15 is 0 Å². The minimum Gasteiger partial charge on any atom is -0.388 e. The first kappa shape index (κ1) is 54.5. The Morgan fingerprint density at radius 2 is 1.44 bits per heavy atom. The maximum atomic E-state index is 13.6. The minimum atomic E-state index is -6.11. The van der Waals surface area contributed by atoms with Crippen molar-refractivity contribution in [1.82, 2.24) is 34.1 Å². The Bertz CT molecular complexity index is 2770. The fraction of sp³-hybridized carbons (Fsp3) is 0.697. The van der Waals surface area contributed by atoms with Gasteiger partial charge in [-0.2, -0.15) is 8.62 Å². The summed E-state index contributed by atoms with van der Waals surface area (Å²) in [6, 6.07) is 0. The quantitative estimate of drug-likeness (QED) is 0.0337. The van der Waals surface area contributed by atoms with Gasteiger partial charge in [0.15, 0.2) is 24.0 Å². The van der Waals surface area contributed by atoms with Crippen LogP contribution in [0.15, 0.2) is 23.8 Å². The number of H-pyrrole nitrogens is 1. The zero-order valence-electron chi connectivity index (χ0n) is 38.0. The van der Waals surface area contributed by atoms with Crippen LogP contribution >= 0.6 is 31.3 Å². The van der Waals surface area contributed by atoms with E-state index in [9.17, 15) is 52.8 Å². The fourth-order valence-corrected chi connectivity index (χ4v) is 12.5. The lowest BCUT2D eigenvalue weighted by Gasteiger charge is -2.27. The summed E-state index contributed by atoms with van der Waals surface area (Å²) < 4.78 is 120. The maximum absolute atomic E-state index is 13.6. The van der Waals surface area contributed by atoms with Gasteiger partial charge in [0.05, 0.1) is 45.4 Å². The van der Waals surface area contributed by atoms with Crippen LogP contribution < -0.4 is 21.2 Å². The van der Waals surface area contributed by atoms with E-state index in [1.54, 1.807) is 27.8 Å². The molecule has 16 atom stereocenters. The SMILES string of the molecule is CNc1ncnc2c1ncn2[C@@H]1O[C@H](COP(=O)(O)OP(=O)(O)OP(=O)(O)OC[C@H]2O[C@@H]([n+]3cn(C)c4c(=O)[nH]c(N)nc43)C(O)[C@H]2OC)[C@H](OP(=O)(O)OC[C@H]2O[C@@H](C)C(O)[C@H]2OC(C)C)C1OC. The number of rotatable bonds is 22. The fourth-order valence-electron chi connectivity index (χ4n) is 8.04. The van der Waals surface area contributed by atoms with E-state index in [2.05, 4.69) is 38.9 Å². The molecule has 3 fully saturated rings. The number of aromatic amines is 1. The normalized spacial score (nSPS) is 31.8. The van der Waals surface area contributed by atoms with Crippen LogP contribution in [0.4, 0.5) is 11.8 Å². The molecule has 0 aliphatic carbocycles. The van der Waals surface area contributed by atoms with E-state index in [0.29, 0.717) is 5.82 Å². The standard InChI is InChI=1S/C33H52N10O23P4/c1-14(2)60-24-17(61-15(3)21(24)44)9-57-67(47,48)64-25-18(63-32(26(25)56-7)42-12-38-19-27(35-4)36-11-37-28(19)42)10-59-69(51,52)66-70(53,54)65-68(49,50)58-8-16-23(55-6)22(45)31(62-16)43-13-41(5)20-29(43)39-33(34)40-30(20)46/h11-18,21-26,31-32,44-45H,8-10H2,1-7H3,(H7-,34,35,36,37,39,40,46,47,48,49,50,51,52,53,54)/p+1/t15-,16+,17+,18+,21?,22?,23-,24-,25-,26?,31+,32+/m0/s1. The number of nitrogens with zero attached hydrogens (tertiary/aromatic N) is 7. The van der Waals surface area contributed by atoms with Gasteiger partial charge in [0.25, 0.3) is 11.5 Å². The highest BCUT2D eigenvalue weighted by Gasteiger charge is 2.54. The number of phosphoric ester groups is 3. The third-order valence-corrected chi connectivity index (χ3v) is 16.2. The largest absolute Gasteiger partial charge is 0.490 e. The third kappa shape index (κ3) is 11.9. The monoisotopic (exact) mass is 1080 g/mol. The number of imidazole rings is 2. The Balaban J connectivity index is 1.03. The second-order valence-electron chi connectivity index (χ2n) is 16.1. The van der Waals surface area contributed by atoms with Gasteiger partial charge >= 0.3 is 36.9 Å². The summed E-state index contributed by atoms with van der Waals surface area (Å²) in [6.45, 7) is 2.21. The molecule has 0 radical (unpaired) electrons. The molecule has 0 aromatic carbocycles. The van der Waals surface area contributed by atoms with Crippen molar-refractivity contribution in [3.8, 4) is 0 Å². The molecule has 3 saturated heterocycles. The number of ether oxygens (including phenoxy) is 6. The second kappa shape index (κ2) is 21.3. The Hall–Kier alpha value is -3.30. The van der Waals surface area contributed by atoms with Gasteiger partial charge in [0.1, 0.15) is 66.8 Å². The third-order valence-electron chi connectivity index (χ3n) is 10.9. The summed E-state index contributed by atoms with van der Waals surface area (Å²) in [4.78, 5) is 74.1. The number of methoxy groups -OCH3 is 2. The molecule has 37 heteroatoms. The van der Waals surface area contributed by atoms with Crippen molar-refractivity contribution in [3.63, 3.8) is 0 Å². The van der Waals surface area contributed by atoms with E-state index in [1.165, 1.54) is 46.8 Å². The summed E-state index contributed by atoms with van der Waals surface area (Å²) in [5.74, 6) is 0.0433. The number of anilines is 2. The molecule has 7 unspecified atom stereocenters. The lowest BCUT2D eigenvalue weighted by Crippen LogP contribution is -2.46. The average molecular weight is 1080 g/mol. The molecule has 3 aliphatic rings. The molecule has 33 nitrogen and oxygen atoms in total. The van der Waals surface area contributed by atoms with Crippen molar-refractivity contribution in [2.45, 2.75) is 100 Å². The molecular formula is C33H53N10O23P4+. The van der Waals surface area contributed by atoms with Gasteiger partial charge in [0, 0.05) is 21.3 Å². The molecule has 7 heterocycles. The van der Waals surface area contributed by atoms with Crippen LogP contribution in [-0.4, -0.2) is 172 Å². The molecule has 10 N–H and O–H groups in total. The highest BCUT2D eigenvalue weighted by Crippen LogP contribution is 2.68. The smallest absolute Gasteiger partial charge is 0.388 e. The second-order valence-corrected chi connectivity index (χ2v) is 22.1. The first-order chi connectivity index (χ1) is 32.8. The number of nitrogens with two attached hydrogens (primary N) is 1. The average Bonchev–Trinajstić information content (AvgIpc) is 4.06. The van der Waals surface area contributed by atoms with Crippen molar-refractivity contribution in [1.29, 1.82) is 0 Å². The summed E-state index contributed by atoms with van der Waals surface area (Å²) >= 11 is 0. The van der Waals surface area contributed by atoms with Gasteiger partial charge in [-0.15, -0.1) is 0 Å². The summed E-state index contributed by atoms with van der Waals surface area (Å²) in [7, 11) is -17.5. The Labute approximate surface area is 395 Å². The van der Waals surface area contributed by atoms with Crippen LogP contribution in [0.3, 0.4) is 0 Å². The van der Waals surface area contributed by atoms with Gasteiger partial charge in [0.2, 0.25) is 11.7 Å². The van der Waals surface area contributed by atoms with E-state index in [1.807, 2.05) is 0 Å². The van der Waals surface area contributed by atoms with Gasteiger partial charge in [-0.3, -0.25) is 37.0 Å². The number of phosphoric acid groups is 4. The Morgan fingerprint density at radius 3 is 2.04 bits per heavy atom. The lowest BCUT2D eigenvalue weighted by atomic mass is 10.1. The zero-order valence-corrected chi connectivity index (χ0v) is 41.6. The molecule has 0 spiro atoms. The first-order valence-electron chi connectivity index (χ1n) is 20.8. The van der Waals surface area contributed by atoms with Crippen molar-refractivity contribution in [2.75, 3.05) is 52.1 Å². The van der Waals surface area contributed by atoms with Crippen LogP contribution in [0, 0.1) is 0 Å². The molecule has 0 bridgehead atoms. The molecule has 4 aromatic rings. The van der Waals surface area contributed by atoms with Crippen LogP contribution in [0.5, 0.6) is 0 Å². The summed E-state index contributed by atoms with van der Waals surface area (Å²) in [5.41, 5.74) is 5.52. The van der Waals surface area contributed by atoms with E-state index in [4.69, 9.17) is 52.2 Å². The zero-order chi connectivity index (χ0) is 51.2. The molecule has 3 aliphatic heterocycles. The molecule has 0 amide bonds. The number of aromatic nitrogens is 8. The van der Waals surface area contributed by atoms with Crippen LogP contribution in [0.2, 0.25) is 0 Å². The number of hydrogen-bond acceptors (Lipinski definition) is 25. The van der Waals surface area contributed by atoms with Gasteiger partial charge < -0.3 is 69.3 Å². The number of nitrogen functional groups attached to an aromatic ring is 1. The van der Waals surface area contributed by atoms with Crippen LogP contribution in [0.1, 0.15) is 33.2 Å².